The van der Waals surface area contributed by atoms with Crippen molar-refractivity contribution in [2.45, 2.75) is 25.9 Å². The fraction of sp³-hybridized carbons (Fsp3) is 0.364. The van der Waals surface area contributed by atoms with E-state index in [1.165, 1.54) is 0 Å². The summed E-state index contributed by atoms with van der Waals surface area (Å²) in [4.78, 5) is 0. The fourth-order valence-corrected chi connectivity index (χ4v) is 1.56. The van der Waals surface area contributed by atoms with Gasteiger partial charge in [0.1, 0.15) is 0 Å². The molecule has 0 aliphatic rings. The van der Waals surface area contributed by atoms with E-state index < -0.39 is 0 Å². The van der Waals surface area contributed by atoms with E-state index in [1.54, 1.807) is 6.92 Å². The Morgan fingerprint density at radius 1 is 1.43 bits per heavy atom. The van der Waals surface area contributed by atoms with Gasteiger partial charge < -0.3 is 5.11 Å². The minimum atomic E-state index is -0.253. The maximum absolute atomic E-state index is 9.19. The van der Waals surface area contributed by atoms with E-state index in [0.29, 0.717) is 0 Å². The normalized spacial score (nSPS) is 13.3. The third kappa shape index (κ3) is 1.77. The largest absolute Gasteiger partial charge is 0.393 e. The number of H-pyrrole nitrogens is 1. The molecule has 0 aliphatic carbocycles. The number of benzene rings is 1. The van der Waals surface area contributed by atoms with Crippen LogP contribution in [0.5, 0.6) is 0 Å². The molecule has 1 aromatic carbocycles. The van der Waals surface area contributed by atoms with Crippen molar-refractivity contribution in [2.75, 3.05) is 0 Å². The van der Waals surface area contributed by atoms with Gasteiger partial charge in [0, 0.05) is 11.1 Å². The zero-order valence-electron chi connectivity index (χ0n) is 8.20. The number of aliphatic hydroxyl groups is 1. The van der Waals surface area contributed by atoms with Crippen molar-refractivity contribution in [1.82, 2.24) is 10.2 Å². The van der Waals surface area contributed by atoms with Gasteiger partial charge in [-0.25, -0.2) is 0 Å². The van der Waals surface area contributed by atoms with E-state index in [1.807, 2.05) is 18.2 Å². The summed E-state index contributed by atoms with van der Waals surface area (Å²) in [6, 6.07) is 8.01. The molecular weight excluding hydrogens is 176 g/mol. The van der Waals surface area contributed by atoms with Crippen molar-refractivity contribution in [2.24, 2.45) is 0 Å². The highest BCUT2D eigenvalue weighted by Gasteiger charge is 2.05. The summed E-state index contributed by atoms with van der Waals surface area (Å²) in [6.07, 6.45) is 1.36. The van der Waals surface area contributed by atoms with E-state index in [9.17, 15) is 5.11 Å². The summed E-state index contributed by atoms with van der Waals surface area (Å²) in [5.74, 6) is 0. The Balaban J connectivity index is 2.25. The molecule has 3 heteroatoms. The molecule has 1 atom stereocenters. The molecule has 0 bridgehead atoms. The Bertz CT molecular complexity index is 420. The molecule has 0 aliphatic heterocycles. The van der Waals surface area contributed by atoms with Gasteiger partial charge in [-0.15, -0.1) is 0 Å². The molecular formula is C11H14N2O. The molecule has 14 heavy (non-hydrogen) atoms. The van der Waals surface area contributed by atoms with Gasteiger partial charge >= 0.3 is 0 Å². The van der Waals surface area contributed by atoms with Gasteiger partial charge in [0.15, 0.2) is 0 Å². The van der Waals surface area contributed by atoms with Crippen LogP contribution in [0.4, 0.5) is 0 Å². The fourth-order valence-electron chi connectivity index (χ4n) is 1.56. The number of aromatic amines is 1. The molecule has 0 spiro atoms. The Kier molecular flexibility index (Phi) is 2.50. The van der Waals surface area contributed by atoms with Crippen LogP contribution in [0, 0.1) is 0 Å². The number of para-hydroxylation sites is 1. The molecule has 0 fully saturated rings. The maximum atomic E-state index is 9.19. The van der Waals surface area contributed by atoms with E-state index in [-0.39, 0.29) is 6.10 Å². The number of nitrogens with one attached hydrogen (secondary N) is 1. The number of fused-ring (bicyclic) bond motifs is 1. The van der Waals surface area contributed by atoms with Crippen LogP contribution in [-0.2, 0) is 6.42 Å². The first kappa shape index (κ1) is 9.21. The standard InChI is InChI=1S/C11H14N2O/c1-8(14)6-7-11-9-4-2-3-5-10(9)12-13-11/h2-5,8,14H,6-7H2,1H3,(H,12,13). The van der Waals surface area contributed by atoms with E-state index in [2.05, 4.69) is 16.3 Å². The van der Waals surface area contributed by atoms with E-state index in [4.69, 9.17) is 0 Å². The SMILES string of the molecule is CC(O)CCc1[nH]nc2ccccc12. The molecule has 2 N–H and O–H groups in total. The summed E-state index contributed by atoms with van der Waals surface area (Å²) < 4.78 is 0. The van der Waals surface area contributed by atoms with Crippen LogP contribution in [0.15, 0.2) is 24.3 Å². The molecule has 0 saturated carbocycles. The van der Waals surface area contributed by atoms with Crippen LogP contribution in [0.2, 0.25) is 0 Å². The highest BCUT2D eigenvalue weighted by molar-refractivity contribution is 5.81. The molecule has 1 unspecified atom stereocenters. The first-order valence-electron chi connectivity index (χ1n) is 4.87. The lowest BCUT2D eigenvalue weighted by Gasteiger charge is -2.01. The monoisotopic (exact) mass is 190 g/mol. The topological polar surface area (TPSA) is 48.9 Å². The number of aromatic nitrogens is 2. The second-order valence-corrected chi connectivity index (χ2v) is 3.61. The predicted octanol–water partition coefficient (Wildman–Crippen LogP) is 1.88. The summed E-state index contributed by atoms with van der Waals surface area (Å²) in [5, 5.41) is 17.5. The van der Waals surface area contributed by atoms with E-state index in [0.717, 1.165) is 29.4 Å². The second-order valence-electron chi connectivity index (χ2n) is 3.61. The Labute approximate surface area is 82.8 Å². The highest BCUT2D eigenvalue weighted by atomic mass is 16.3. The first-order valence-corrected chi connectivity index (χ1v) is 4.87. The molecule has 1 aromatic heterocycles. The number of hydrogen-bond acceptors (Lipinski definition) is 2. The van der Waals surface area contributed by atoms with Crippen LogP contribution < -0.4 is 0 Å². The zero-order chi connectivity index (χ0) is 9.97. The first-order chi connectivity index (χ1) is 6.77. The molecule has 0 saturated heterocycles. The van der Waals surface area contributed by atoms with Crippen molar-refractivity contribution in [3.05, 3.63) is 30.0 Å². The van der Waals surface area contributed by atoms with Gasteiger partial charge in [0.2, 0.25) is 0 Å². The van der Waals surface area contributed by atoms with Gasteiger partial charge in [-0.05, 0) is 25.8 Å². The smallest absolute Gasteiger partial charge is 0.0923 e. The molecule has 2 aromatic rings. The number of aliphatic hydroxyl groups excluding tert-OH is 1. The van der Waals surface area contributed by atoms with Crippen LogP contribution in [0.3, 0.4) is 0 Å². The van der Waals surface area contributed by atoms with E-state index >= 15 is 0 Å². The average Bonchev–Trinajstić information content (AvgIpc) is 2.58. The minimum absolute atomic E-state index is 0.253. The molecule has 1 heterocycles. The highest BCUT2D eigenvalue weighted by Crippen LogP contribution is 2.16. The molecule has 0 radical (unpaired) electrons. The lowest BCUT2D eigenvalue weighted by Crippen LogP contribution is -2.01. The van der Waals surface area contributed by atoms with Crippen molar-refractivity contribution < 1.29 is 5.11 Å². The van der Waals surface area contributed by atoms with Crippen molar-refractivity contribution in [3.8, 4) is 0 Å². The van der Waals surface area contributed by atoms with Gasteiger partial charge in [-0.2, -0.15) is 5.10 Å². The lowest BCUT2D eigenvalue weighted by molar-refractivity contribution is 0.184. The van der Waals surface area contributed by atoms with Crippen molar-refractivity contribution in [3.63, 3.8) is 0 Å². The molecule has 2 rings (SSSR count). The van der Waals surface area contributed by atoms with Crippen LogP contribution in [0.1, 0.15) is 19.0 Å². The predicted molar refractivity (Wildman–Crippen MR) is 56.1 cm³/mol. The van der Waals surface area contributed by atoms with Crippen LogP contribution >= 0.6 is 0 Å². The van der Waals surface area contributed by atoms with Crippen LogP contribution in [-0.4, -0.2) is 21.4 Å². The maximum Gasteiger partial charge on any atom is 0.0923 e. The zero-order valence-corrected chi connectivity index (χ0v) is 8.20. The molecule has 74 valence electrons. The molecule has 3 nitrogen and oxygen atoms in total. The number of aryl methyl sites for hydroxylation is 1. The Morgan fingerprint density at radius 2 is 2.21 bits per heavy atom. The van der Waals surface area contributed by atoms with Crippen molar-refractivity contribution >= 4 is 10.9 Å². The van der Waals surface area contributed by atoms with Gasteiger partial charge in [-0.3, -0.25) is 5.10 Å². The lowest BCUT2D eigenvalue weighted by atomic mass is 10.1. The quantitative estimate of drug-likeness (QED) is 0.776. The summed E-state index contributed by atoms with van der Waals surface area (Å²) in [7, 11) is 0. The number of hydrogen-bond donors (Lipinski definition) is 2. The Hall–Kier alpha value is -1.35. The summed E-state index contributed by atoms with van der Waals surface area (Å²) in [5.41, 5.74) is 2.11. The number of nitrogens with zero attached hydrogens (tertiary/aromatic N) is 1. The van der Waals surface area contributed by atoms with Gasteiger partial charge in [0.05, 0.1) is 11.6 Å². The van der Waals surface area contributed by atoms with Crippen molar-refractivity contribution in [1.29, 1.82) is 0 Å². The summed E-state index contributed by atoms with van der Waals surface area (Å²) in [6.45, 7) is 1.80. The molecule has 0 amide bonds. The second kappa shape index (κ2) is 3.80. The van der Waals surface area contributed by atoms with Gasteiger partial charge in [-0.1, -0.05) is 18.2 Å². The Morgan fingerprint density at radius 3 is 3.00 bits per heavy atom. The average molecular weight is 190 g/mol. The summed E-state index contributed by atoms with van der Waals surface area (Å²) >= 11 is 0. The number of rotatable bonds is 3. The van der Waals surface area contributed by atoms with Gasteiger partial charge in [0.25, 0.3) is 0 Å². The third-order valence-corrected chi connectivity index (χ3v) is 2.35. The minimum Gasteiger partial charge on any atom is -0.393 e. The third-order valence-electron chi connectivity index (χ3n) is 2.35. The van der Waals surface area contributed by atoms with Crippen LogP contribution in [0.25, 0.3) is 10.9 Å².